The fraction of sp³-hybridized carbons (Fsp3) is 0.462. The zero-order valence-electron chi connectivity index (χ0n) is 19.0. The molecule has 2 fully saturated rings. The summed E-state index contributed by atoms with van der Waals surface area (Å²) >= 11 is 0. The topological polar surface area (TPSA) is 86.0 Å². The van der Waals surface area contributed by atoms with Crippen molar-refractivity contribution < 1.29 is 19.1 Å². The van der Waals surface area contributed by atoms with Gasteiger partial charge in [0.05, 0.1) is 13.1 Å². The largest absolute Gasteiger partial charge is 0.462 e. The van der Waals surface area contributed by atoms with Crippen LogP contribution in [0.25, 0.3) is 0 Å². The lowest BCUT2D eigenvalue weighted by molar-refractivity contribution is -0.134. The molecule has 3 heterocycles. The van der Waals surface area contributed by atoms with E-state index in [1.807, 2.05) is 24.3 Å². The van der Waals surface area contributed by atoms with Crippen LogP contribution in [0.5, 0.6) is 0 Å². The van der Waals surface area contributed by atoms with Gasteiger partial charge in [-0.3, -0.25) is 14.6 Å². The van der Waals surface area contributed by atoms with Gasteiger partial charge in [0.25, 0.3) is 5.91 Å². The maximum Gasteiger partial charge on any atom is 0.325 e. The lowest BCUT2D eigenvalue weighted by atomic mass is 9.74. The number of aliphatic hydroxyl groups excluding tert-OH is 1. The number of imide groups is 1. The van der Waals surface area contributed by atoms with Crippen molar-refractivity contribution in [2.45, 2.75) is 51.3 Å². The van der Waals surface area contributed by atoms with Gasteiger partial charge in [0.2, 0.25) is 0 Å². The van der Waals surface area contributed by atoms with Gasteiger partial charge >= 0.3 is 6.03 Å². The maximum absolute atomic E-state index is 13.6. The number of nitrogens with zero attached hydrogens (tertiary/aromatic N) is 2. The molecule has 3 amide bonds. The number of rotatable bonds is 8. The van der Waals surface area contributed by atoms with Crippen molar-refractivity contribution in [1.82, 2.24) is 15.1 Å². The van der Waals surface area contributed by atoms with Gasteiger partial charge in [-0.1, -0.05) is 36.3 Å². The lowest BCUT2D eigenvalue weighted by Crippen LogP contribution is -2.56. The highest BCUT2D eigenvalue weighted by atomic mass is 16.4. The third-order valence-electron chi connectivity index (χ3n) is 6.80. The number of aliphatic hydroxyl groups is 1. The van der Waals surface area contributed by atoms with Crippen molar-refractivity contribution in [3.8, 4) is 11.8 Å². The summed E-state index contributed by atoms with van der Waals surface area (Å²) in [4.78, 5) is 29.9. The Morgan fingerprint density at radius 3 is 2.52 bits per heavy atom. The average molecular weight is 450 g/mol. The third kappa shape index (κ3) is 4.97. The Morgan fingerprint density at radius 1 is 1.12 bits per heavy atom. The van der Waals surface area contributed by atoms with Crippen LogP contribution in [-0.2, 0) is 24.4 Å². The Bertz CT molecular complexity index is 1030. The minimum absolute atomic E-state index is 0.0538. The summed E-state index contributed by atoms with van der Waals surface area (Å²) in [6.45, 7) is 4.02. The van der Waals surface area contributed by atoms with E-state index in [2.05, 4.69) is 34.2 Å². The smallest absolute Gasteiger partial charge is 0.325 e. The van der Waals surface area contributed by atoms with Gasteiger partial charge in [-0.2, -0.15) is 0 Å². The van der Waals surface area contributed by atoms with Gasteiger partial charge < -0.3 is 14.8 Å². The predicted octanol–water partition coefficient (Wildman–Crippen LogP) is 2.93. The van der Waals surface area contributed by atoms with E-state index in [9.17, 15) is 14.7 Å². The molecule has 7 heteroatoms. The number of carbonyl (C=O) groups is 2. The molecule has 2 aliphatic heterocycles. The Labute approximate surface area is 194 Å². The number of hydrogen-bond donors (Lipinski definition) is 2. The molecule has 1 aromatic carbocycles. The van der Waals surface area contributed by atoms with Crippen molar-refractivity contribution in [3.63, 3.8) is 0 Å². The molecule has 2 saturated heterocycles. The number of nitrogens with one attached hydrogen (secondary N) is 1. The Morgan fingerprint density at radius 2 is 1.85 bits per heavy atom. The van der Waals surface area contributed by atoms with Gasteiger partial charge in [-0.05, 0) is 69.3 Å². The molecule has 0 saturated carbocycles. The summed E-state index contributed by atoms with van der Waals surface area (Å²) < 4.78 is 5.63. The van der Waals surface area contributed by atoms with Crippen LogP contribution in [0.3, 0.4) is 0 Å². The summed E-state index contributed by atoms with van der Waals surface area (Å²) in [6, 6.07) is 13.4. The molecular formula is C26H31N3O4. The summed E-state index contributed by atoms with van der Waals surface area (Å²) in [6.07, 6.45) is 2.90. The van der Waals surface area contributed by atoms with Gasteiger partial charge in [-0.15, -0.1) is 5.92 Å². The molecule has 174 valence electrons. The number of benzene rings is 1. The molecule has 1 atom stereocenters. The van der Waals surface area contributed by atoms with Crippen molar-refractivity contribution in [3.05, 3.63) is 59.5 Å². The van der Waals surface area contributed by atoms with Crippen molar-refractivity contribution in [2.75, 3.05) is 19.6 Å². The van der Waals surface area contributed by atoms with Crippen LogP contribution in [0.1, 0.15) is 43.3 Å². The van der Waals surface area contributed by atoms with E-state index in [0.29, 0.717) is 18.7 Å². The van der Waals surface area contributed by atoms with Crippen LogP contribution in [-0.4, -0.2) is 52.0 Å². The first-order chi connectivity index (χ1) is 16.1. The molecule has 0 unspecified atom stereocenters. The normalized spacial score (nSPS) is 21.7. The molecule has 2 N–H and O–H groups in total. The van der Waals surface area contributed by atoms with E-state index in [-0.39, 0.29) is 31.0 Å². The fourth-order valence-electron chi connectivity index (χ4n) is 4.98. The molecule has 1 aromatic heterocycles. The first-order valence-electron chi connectivity index (χ1n) is 11.5. The molecular weight excluding hydrogens is 418 g/mol. The quantitative estimate of drug-likeness (QED) is 0.478. The third-order valence-corrected chi connectivity index (χ3v) is 6.80. The number of hydrogen-bond acceptors (Lipinski definition) is 5. The molecule has 0 bridgehead atoms. The van der Waals surface area contributed by atoms with Crippen molar-refractivity contribution >= 4 is 11.9 Å². The first kappa shape index (κ1) is 23.1. The van der Waals surface area contributed by atoms with Crippen LogP contribution in [0.15, 0.2) is 46.9 Å². The van der Waals surface area contributed by atoms with Crippen molar-refractivity contribution in [1.29, 1.82) is 0 Å². The first-order valence-corrected chi connectivity index (χ1v) is 11.5. The van der Waals surface area contributed by atoms with Gasteiger partial charge in [0.15, 0.2) is 0 Å². The monoisotopic (exact) mass is 449 g/mol. The molecule has 2 aromatic rings. The number of furan rings is 1. The number of urea groups is 1. The predicted molar refractivity (Wildman–Crippen MR) is 124 cm³/mol. The Hall–Kier alpha value is -3.08. The van der Waals surface area contributed by atoms with Crippen LogP contribution >= 0.6 is 0 Å². The highest BCUT2D eigenvalue weighted by Crippen LogP contribution is 2.37. The van der Waals surface area contributed by atoms with Crippen LogP contribution in [0.2, 0.25) is 0 Å². The van der Waals surface area contributed by atoms with E-state index in [1.54, 1.807) is 13.0 Å². The lowest BCUT2D eigenvalue weighted by Gasteiger charge is -2.40. The summed E-state index contributed by atoms with van der Waals surface area (Å²) in [5.74, 6) is 6.94. The number of aryl methyl sites for hydroxylation is 1. The van der Waals surface area contributed by atoms with Crippen LogP contribution < -0.4 is 5.32 Å². The van der Waals surface area contributed by atoms with Crippen LogP contribution in [0, 0.1) is 17.8 Å². The Balaban J connectivity index is 1.48. The summed E-state index contributed by atoms with van der Waals surface area (Å²) in [7, 11) is 0. The number of amides is 3. The van der Waals surface area contributed by atoms with Crippen molar-refractivity contribution in [2.24, 2.45) is 5.92 Å². The van der Waals surface area contributed by atoms with E-state index in [4.69, 9.17) is 4.42 Å². The molecule has 0 spiro atoms. The second-order valence-electron chi connectivity index (χ2n) is 8.78. The Kier molecular flexibility index (Phi) is 7.17. The highest BCUT2D eigenvalue weighted by molar-refractivity contribution is 6.07. The molecule has 7 nitrogen and oxygen atoms in total. The zero-order valence-corrected chi connectivity index (χ0v) is 19.0. The number of likely N-dealkylation sites (tertiary alicyclic amines) is 1. The molecule has 4 rings (SSSR count). The van der Waals surface area contributed by atoms with Gasteiger partial charge in [0, 0.05) is 0 Å². The molecule has 33 heavy (non-hydrogen) atoms. The molecule has 0 aliphatic carbocycles. The number of carbonyl (C=O) groups excluding carboxylic acids is 2. The van der Waals surface area contributed by atoms with E-state index in [1.165, 1.54) is 4.90 Å². The molecule has 0 radical (unpaired) electrons. The maximum atomic E-state index is 13.6. The fourth-order valence-corrected chi connectivity index (χ4v) is 4.98. The summed E-state index contributed by atoms with van der Waals surface area (Å²) in [5.41, 5.74) is 0.254. The molecule has 2 aliphatic rings. The van der Waals surface area contributed by atoms with E-state index in [0.717, 1.165) is 43.7 Å². The van der Waals surface area contributed by atoms with Gasteiger partial charge in [-0.25, -0.2) is 4.79 Å². The number of piperidine rings is 1. The zero-order chi connectivity index (χ0) is 23.3. The van der Waals surface area contributed by atoms with Gasteiger partial charge in [0.1, 0.15) is 23.7 Å². The van der Waals surface area contributed by atoms with Crippen LogP contribution in [0.4, 0.5) is 4.79 Å². The standard InChI is InChI=1S/C26H31N3O4/c1-2-3-15-29-24(31)26(27-25(29)32,14-11-20-7-5-4-6-8-20)21-12-16-28(17-13-21)18-22-9-10-23(19-30)33-22/h4-10,21,30H,11-19H2,1H3,(H,27,32)/t26-/m1/s1. The SMILES string of the molecule is CC#CCN1C(=O)N[C@](CCc2ccccc2)(C2CCN(Cc3ccc(CO)o3)CC2)C1=O. The second-order valence-corrected chi connectivity index (χ2v) is 8.78. The highest BCUT2D eigenvalue weighted by Gasteiger charge is 2.55. The minimum atomic E-state index is -0.900. The van der Waals surface area contributed by atoms with E-state index >= 15 is 0 Å². The average Bonchev–Trinajstić information content (AvgIpc) is 3.39. The minimum Gasteiger partial charge on any atom is -0.462 e. The van der Waals surface area contributed by atoms with E-state index < -0.39 is 5.54 Å². The second kappa shape index (κ2) is 10.2. The summed E-state index contributed by atoms with van der Waals surface area (Å²) in [5, 5.41) is 12.3.